The van der Waals surface area contributed by atoms with Crippen LogP contribution in [0.5, 0.6) is 0 Å². The molecule has 3 rings (SSSR count). The maximum atomic E-state index is 13.8. The minimum Gasteiger partial charge on any atom is -0.358 e. The topological polar surface area (TPSA) is 7.68 Å². The lowest BCUT2D eigenvalue weighted by molar-refractivity contribution is -0.914. The van der Waals surface area contributed by atoms with Gasteiger partial charge in [-0.1, -0.05) is 36.4 Å². The van der Waals surface area contributed by atoms with Gasteiger partial charge in [-0.2, -0.15) is 0 Å². The Morgan fingerprint density at radius 1 is 1.00 bits per heavy atom. The predicted octanol–water partition coefficient (Wildman–Crippen LogP) is 2.04. The van der Waals surface area contributed by atoms with Gasteiger partial charge in [0.2, 0.25) is 0 Å². The van der Waals surface area contributed by atoms with Crippen molar-refractivity contribution in [1.82, 2.24) is 0 Å². The maximum Gasteiger partial charge on any atom is 0.146 e. The minimum absolute atomic E-state index is 0.111. The Bertz CT molecular complexity index is 604. The number of rotatable bonds is 3. The molecule has 2 nitrogen and oxygen atoms in total. The number of benzene rings is 2. The van der Waals surface area contributed by atoms with E-state index in [1.807, 2.05) is 12.1 Å². The molecule has 0 spiro atoms. The van der Waals surface area contributed by atoms with Gasteiger partial charge in [0.1, 0.15) is 12.4 Å². The average molecular weight is 285 g/mol. The Labute approximate surface area is 125 Å². The number of quaternary nitrogens is 1. The van der Waals surface area contributed by atoms with Crippen LogP contribution in [-0.2, 0) is 6.54 Å². The quantitative estimate of drug-likeness (QED) is 0.907. The summed E-state index contributed by atoms with van der Waals surface area (Å²) < 4.78 is 13.8. The Balaban J connectivity index is 1.61. The second-order valence-electron chi connectivity index (χ2n) is 5.79. The van der Waals surface area contributed by atoms with Crippen molar-refractivity contribution in [3.05, 3.63) is 65.5 Å². The van der Waals surface area contributed by atoms with Gasteiger partial charge >= 0.3 is 0 Å². The van der Waals surface area contributed by atoms with Gasteiger partial charge < -0.3 is 9.80 Å². The molecule has 1 fully saturated rings. The molecule has 1 aliphatic rings. The number of halogens is 1. The largest absolute Gasteiger partial charge is 0.358 e. The summed E-state index contributed by atoms with van der Waals surface area (Å²) in [5.41, 5.74) is 3.53. The van der Waals surface area contributed by atoms with Crippen LogP contribution in [0.15, 0.2) is 48.5 Å². The molecule has 0 saturated carbocycles. The monoisotopic (exact) mass is 285 g/mol. The molecular weight excluding hydrogens is 263 g/mol. The first-order chi connectivity index (χ1) is 10.2. The second kappa shape index (κ2) is 6.27. The van der Waals surface area contributed by atoms with Crippen molar-refractivity contribution >= 4 is 5.69 Å². The van der Waals surface area contributed by atoms with Crippen LogP contribution in [0.1, 0.15) is 11.1 Å². The maximum absolute atomic E-state index is 13.8. The van der Waals surface area contributed by atoms with E-state index in [-0.39, 0.29) is 5.82 Å². The highest BCUT2D eigenvalue weighted by Gasteiger charge is 2.22. The zero-order chi connectivity index (χ0) is 14.7. The van der Waals surface area contributed by atoms with Crippen molar-refractivity contribution < 1.29 is 9.29 Å². The Morgan fingerprint density at radius 3 is 2.38 bits per heavy atom. The number of hydrogen-bond acceptors (Lipinski definition) is 1. The van der Waals surface area contributed by atoms with E-state index in [9.17, 15) is 4.39 Å². The lowest BCUT2D eigenvalue weighted by Crippen LogP contribution is -3.13. The number of nitrogens with one attached hydrogen (secondary N) is 1. The first kappa shape index (κ1) is 14.1. The van der Waals surface area contributed by atoms with Crippen molar-refractivity contribution in [3.63, 3.8) is 0 Å². The molecule has 110 valence electrons. The molecule has 1 heterocycles. The molecule has 1 N–H and O–H groups in total. The number of anilines is 1. The third-order valence-electron chi connectivity index (χ3n) is 4.37. The second-order valence-corrected chi connectivity index (χ2v) is 5.79. The van der Waals surface area contributed by atoms with Gasteiger partial charge in [0, 0.05) is 5.56 Å². The lowest BCUT2D eigenvalue weighted by atomic mass is 10.1. The SMILES string of the molecule is Cc1ccccc1C[NH+]1CCN(c2ccccc2F)CC1. The van der Waals surface area contributed by atoms with Crippen LogP contribution in [0.2, 0.25) is 0 Å². The van der Waals surface area contributed by atoms with Crippen molar-refractivity contribution in [2.45, 2.75) is 13.5 Å². The standard InChI is InChI=1S/C18H21FN2/c1-15-6-2-3-7-16(15)14-20-10-12-21(13-11-20)18-9-5-4-8-17(18)19/h2-9H,10-14H2,1H3/p+1. The number of hydrogen-bond donors (Lipinski definition) is 1. The average Bonchev–Trinajstić information content (AvgIpc) is 2.51. The number of piperazine rings is 1. The van der Waals surface area contributed by atoms with Crippen LogP contribution in [0.3, 0.4) is 0 Å². The normalized spacial score (nSPS) is 16.2. The van der Waals surface area contributed by atoms with E-state index in [0.29, 0.717) is 0 Å². The summed E-state index contributed by atoms with van der Waals surface area (Å²) in [4.78, 5) is 3.74. The fourth-order valence-electron chi connectivity index (χ4n) is 3.03. The first-order valence-corrected chi connectivity index (χ1v) is 7.61. The van der Waals surface area contributed by atoms with E-state index >= 15 is 0 Å². The van der Waals surface area contributed by atoms with Crippen LogP contribution in [0.4, 0.5) is 10.1 Å². The molecule has 1 saturated heterocycles. The summed E-state index contributed by atoms with van der Waals surface area (Å²) in [6.45, 7) is 7.19. The molecule has 0 atom stereocenters. The Morgan fingerprint density at radius 2 is 1.67 bits per heavy atom. The van der Waals surface area contributed by atoms with Gasteiger partial charge in [-0.3, -0.25) is 0 Å². The number of para-hydroxylation sites is 1. The first-order valence-electron chi connectivity index (χ1n) is 7.61. The third kappa shape index (κ3) is 3.24. The zero-order valence-electron chi connectivity index (χ0n) is 12.5. The summed E-state index contributed by atoms with van der Waals surface area (Å²) in [6.07, 6.45) is 0. The molecule has 21 heavy (non-hydrogen) atoms. The summed E-state index contributed by atoms with van der Waals surface area (Å²) in [7, 11) is 0. The van der Waals surface area contributed by atoms with Crippen LogP contribution in [0.25, 0.3) is 0 Å². The smallest absolute Gasteiger partial charge is 0.146 e. The predicted molar refractivity (Wildman–Crippen MR) is 84.2 cm³/mol. The van der Waals surface area contributed by atoms with Crippen molar-refractivity contribution in [2.24, 2.45) is 0 Å². The van der Waals surface area contributed by atoms with Gasteiger partial charge in [-0.15, -0.1) is 0 Å². The highest BCUT2D eigenvalue weighted by molar-refractivity contribution is 5.47. The van der Waals surface area contributed by atoms with Crippen LogP contribution >= 0.6 is 0 Å². The lowest BCUT2D eigenvalue weighted by Gasteiger charge is -2.34. The van der Waals surface area contributed by atoms with E-state index in [0.717, 1.165) is 38.4 Å². The van der Waals surface area contributed by atoms with E-state index < -0.39 is 0 Å². The Hall–Kier alpha value is -1.87. The van der Waals surface area contributed by atoms with Gasteiger partial charge in [0.05, 0.1) is 31.9 Å². The van der Waals surface area contributed by atoms with Crippen LogP contribution < -0.4 is 9.80 Å². The van der Waals surface area contributed by atoms with Crippen LogP contribution in [0, 0.1) is 12.7 Å². The highest BCUT2D eigenvalue weighted by atomic mass is 19.1. The van der Waals surface area contributed by atoms with E-state index in [1.54, 1.807) is 17.0 Å². The van der Waals surface area contributed by atoms with Gasteiger partial charge in [0.25, 0.3) is 0 Å². The summed E-state index contributed by atoms with van der Waals surface area (Å²) in [5.74, 6) is -0.111. The van der Waals surface area contributed by atoms with E-state index in [1.165, 1.54) is 11.1 Å². The fourth-order valence-corrected chi connectivity index (χ4v) is 3.03. The van der Waals surface area contributed by atoms with Gasteiger partial charge in [0.15, 0.2) is 0 Å². The molecule has 2 aromatic carbocycles. The molecule has 0 aliphatic carbocycles. The number of aryl methyl sites for hydroxylation is 1. The summed E-state index contributed by atoms with van der Waals surface area (Å²) >= 11 is 0. The molecular formula is C18H22FN2+. The summed E-state index contributed by atoms with van der Waals surface area (Å²) in [5, 5.41) is 0. The van der Waals surface area contributed by atoms with Crippen molar-refractivity contribution in [3.8, 4) is 0 Å². The minimum atomic E-state index is -0.111. The molecule has 0 radical (unpaired) electrons. The molecule has 0 bridgehead atoms. The molecule has 0 amide bonds. The van der Waals surface area contributed by atoms with E-state index in [2.05, 4.69) is 36.1 Å². The third-order valence-corrected chi connectivity index (χ3v) is 4.37. The molecule has 1 aliphatic heterocycles. The molecule has 0 unspecified atom stereocenters. The van der Waals surface area contributed by atoms with Crippen molar-refractivity contribution in [2.75, 3.05) is 31.1 Å². The molecule has 0 aromatic heterocycles. The van der Waals surface area contributed by atoms with E-state index in [4.69, 9.17) is 0 Å². The fraction of sp³-hybridized carbons (Fsp3) is 0.333. The van der Waals surface area contributed by atoms with Crippen molar-refractivity contribution in [1.29, 1.82) is 0 Å². The molecule has 3 heteroatoms. The molecule has 2 aromatic rings. The number of nitrogens with zero attached hydrogens (tertiary/aromatic N) is 1. The summed E-state index contributed by atoms with van der Waals surface area (Å²) in [6, 6.07) is 15.7. The highest BCUT2D eigenvalue weighted by Crippen LogP contribution is 2.18. The van der Waals surface area contributed by atoms with Crippen LogP contribution in [-0.4, -0.2) is 26.2 Å². The Kier molecular flexibility index (Phi) is 4.20. The van der Waals surface area contributed by atoms with Gasteiger partial charge in [-0.05, 0) is 24.6 Å². The zero-order valence-corrected chi connectivity index (χ0v) is 12.5. The van der Waals surface area contributed by atoms with Gasteiger partial charge in [-0.25, -0.2) is 4.39 Å².